The van der Waals surface area contributed by atoms with Crippen molar-refractivity contribution in [2.24, 2.45) is 5.41 Å². The van der Waals surface area contributed by atoms with Gasteiger partial charge in [-0.2, -0.15) is 0 Å². The maximum atomic E-state index is 5.67. The minimum absolute atomic E-state index is 0.0783. The van der Waals surface area contributed by atoms with Crippen LogP contribution in [-0.4, -0.2) is 32.1 Å². The Morgan fingerprint density at radius 3 is 2.64 bits per heavy atom. The molecule has 0 aliphatic heterocycles. The highest BCUT2D eigenvalue weighted by molar-refractivity contribution is 6.40. The van der Waals surface area contributed by atoms with E-state index in [4.69, 9.17) is 9.47 Å². The zero-order chi connectivity index (χ0) is 16.4. The van der Waals surface area contributed by atoms with Gasteiger partial charge in [-0.25, -0.2) is 0 Å². The molecule has 0 bridgehead atoms. The van der Waals surface area contributed by atoms with Crippen molar-refractivity contribution in [1.29, 1.82) is 0 Å². The maximum Gasteiger partial charge on any atom is 0.129 e. The first kappa shape index (κ1) is 17.1. The lowest BCUT2D eigenvalue weighted by molar-refractivity contribution is -0.0619. The van der Waals surface area contributed by atoms with E-state index in [0.717, 1.165) is 29.1 Å². The summed E-state index contributed by atoms with van der Waals surface area (Å²) in [7, 11) is 5.89. The Balaban J connectivity index is 2.15. The van der Waals surface area contributed by atoms with E-state index in [9.17, 15) is 0 Å². The van der Waals surface area contributed by atoms with Gasteiger partial charge < -0.3 is 9.47 Å². The van der Waals surface area contributed by atoms with Crippen molar-refractivity contribution in [3.05, 3.63) is 22.8 Å². The molecule has 119 valence electrons. The molecule has 22 heavy (non-hydrogen) atoms. The highest BCUT2D eigenvalue weighted by Crippen LogP contribution is 2.38. The molecule has 3 nitrogen and oxygen atoms in total. The molecule has 4 heteroatoms. The van der Waals surface area contributed by atoms with Gasteiger partial charge >= 0.3 is 0 Å². The third-order valence-electron chi connectivity index (χ3n) is 5.24. The lowest BCUT2D eigenvalue weighted by atomic mass is 9.51. The van der Waals surface area contributed by atoms with Crippen molar-refractivity contribution < 1.29 is 9.47 Å². The average molecular weight is 300 g/mol. The third-order valence-corrected chi connectivity index (χ3v) is 5.24. The molecular weight excluding hydrogens is 273 g/mol. The van der Waals surface area contributed by atoms with Gasteiger partial charge in [-0.05, 0) is 37.6 Å². The number of ether oxygens (including phenoxy) is 2. The van der Waals surface area contributed by atoms with Crippen LogP contribution in [0.1, 0.15) is 34.1 Å². The summed E-state index contributed by atoms with van der Waals surface area (Å²) in [6, 6.07) is 1.92. The van der Waals surface area contributed by atoms with Crippen LogP contribution in [0.3, 0.4) is 0 Å². The topological polar surface area (TPSA) is 31.4 Å². The van der Waals surface area contributed by atoms with E-state index >= 15 is 0 Å². The van der Waals surface area contributed by atoms with Gasteiger partial charge in [0.1, 0.15) is 13.0 Å². The van der Waals surface area contributed by atoms with Crippen molar-refractivity contribution in [3.8, 4) is 5.75 Å². The van der Waals surface area contributed by atoms with E-state index in [1.807, 2.05) is 6.07 Å². The summed E-state index contributed by atoms with van der Waals surface area (Å²) >= 11 is 0. The number of methoxy groups -OCH3 is 2. The smallest absolute Gasteiger partial charge is 0.129 e. The van der Waals surface area contributed by atoms with Crippen LogP contribution in [0.5, 0.6) is 5.75 Å². The monoisotopic (exact) mass is 300 g/mol. The minimum atomic E-state index is -0.154. The first-order valence-corrected chi connectivity index (χ1v) is 7.90. The number of rotatable bonds is 6. The molecule has 0 fully saturated rings. The summed E-state index contributed by atoms with van der Waals surface area (Å²) in [6.07, 6.45) is 8.28. The Kier molecular flexibility index (Phi) is 5.01. The van der Waals surface area contributed by atoms with Crippen LogP contribution in [0, 0.1) is 5.41 Å². The molecule has 0 spiro atoms. The summed E-state index contributed by atoms with van der Waals surface area (Å²) in [5.74, 6) is 1.31. The number of aromatic nitrogens is 1. The molecule has 1 atom stereocenters. The normalized spacial score (nSPS) is 18.0. The number of pyridine rings is 1. The molecule has 0 amide bonds. The van der Waals surface area contributed by atoms with Crippen LogP contribution < -0.4 is 15.3 Å². The largest absolute Gasteiger partial charge is 0.496 e. The summed E-state index contributed by atoms with van der Waals surface area (Å²) < 4.78 is 11.1. The predicted octanol–water partition coefficient (Wildman–Crippen LogP) is 2.42. The number of fused-ring (bicyclic) bond motifs is 1. The molecule has 2 rings (SSSR count). The summed E-state index contributed by atoms with van der Waals surface area (Å²) in [4.78, 5) is 4.42. The zero-order valence-electron chi connectivity index (χ0n) is 14.6. The Labute approximate surface area is 134 Å². The molecule has 1 radical (unpaired) electrons. The highest BCUT2D eigenvalue weighted by atomic mass is 16.5. The molecule has 0 saturated heterocycles. The van der Waals surface area contributed by atoms with Gasteiger partial charge in [0, 0.05) is 18.5 Å². The molecule has 0 N–H and O–H groups in total. The van der Waals surface area contributed by atoms with E-state index < -0.39 is 0 Å². The van der Waals surface area contributed by atoms with E-state index in [1.165, 1.54) is 0 Å². The molecule has 1 aromatic heterocycles. The fourth-order valence-electron chi connectivity index (χ4n) is 2.64. The first-order valence-electron chi connectivity index (χ1n) is 7.90. The fraction of sp³-hybridized carbons (Fsp3) is 0.611. The number of hydrogen-bond donors (Lipinski definition) is 0. The first-order chi connectivity index (χ1) is 10.3. The molecule has 1 heterocycles. The zero-order valence-corrected chi connectivity index (χ0v) is 14.6. The molecule has 0 saturated carbocycles. The van der Waals surface area contributed by atoms with E-state index in [-0.39, 0.29) is 11.0 Å². The van der Waals surface area contributed by atoms with E-state index in [0.29, 0.717) is 5.82 Å². The second-order valence-corrected chi connectivity index (χ2v) is 7.12. The van der Waals surface area contributed by atoms with Crippen molar-refractivity contribution in [1.82, 2.24) is 4.98 Å². The Morgan fingerprint density at radius 1 is 1.27 bits per heavy atom. The van der Waals surface area contributed by atoms with Crippen LogP contribution in [0.2, 0.25) is 12.1 Å². The van der Waals surface area contributed by atoms with Gasteiger partial charge in [-0.1, -0.05) is 32.3 Å². The third kappa shape index (κ3) is 3.38. The van der Waals surface area contributed by atoms with E-state index in [2.05, 4.69) is 52.1 Å². The van der Waals surface area contributed by atoms with Crippen molar-refractivity contribution in [2.45, 2.75) is 51.9 Å². The molecular formula is C18H27BNO2. The van der Waals surface area contributed by atoms with Crippen LogP contribution in [0.15, 0.2) is 12.3 Å². The van der Waals surface area contributed by atoms with Gasteiger partial charge in [-0.15, -0.1) is 0 Å². The van der Waals surface area contributed by atoms with Crippen LogP contribution in [-0.2, 0) is 4.74 Å². The average Bonchev–Trinajstić information content (AvgIpc) is 2.52. The fourth-order valence-corrected chi connectivity index (χ4v) is 2.64. The minimum Gasteiger partial charge on any atom is -0.496 e. The van der Waals surface area contributed by atoms with Gasteiger partial charge in [0.15, 0.2) is 0 Å². The number of nitrogens with zero attached hydrogens (tertiary/aromatic N) is 1. The van der Waals surface area contributed by atoms with Gasteiger partial charge in [0.2, 0.25) is 0 Å². The molecule has 0 aromatic carbocycles. The quantitative estimate of drug-likeness (QED) is 0.756. The molecule has 1 unspecified atom stereocenters. The predicted molar refractivity (Wildman–Crippen MR) is 92.8 cm³/mol. The van der Waals surface area contributed by atoms with Gasteiger partial charge in [-0.3, -0.25) is 4.98 Å². The van der Waals surface area contributed by atoms with Crippen molar-refractivity contribution in [3.63, 3.8) is 0 Å². The maximum absolute atomic E-state index is 5.67. The van der Waals surface area contributed by atoms with Crippen molar-refractivity contribution in [2.75, 3.05) is 14.2 Å². The second-order valence-electron chi connectivity index (χ2n) is 7.12. The SMILES string of the molecule is COc1ccnc2c1=CC([B]CC(C)(C)C(C)(C)OC)CC=2. The second kappa shape index (κ2) is 6.45. The van der Waals surface area contributed by atoms with Crippen molar-refractivity contribution >= 4 is 19.4 Å². The van der Waals surface area contributed by atoms with Crippen LogP contribution >= 0.6 is 0 Å². The van der Waals surface area contributed by atoms with Gasteiger partial charge in [0.25, 0.3) is 0 Å². The van der Waals surface area contributed by atoms with Crippen LogP contribution in [0.4, 0.5) is 0 Å². The van der Waals surface area contributed by atoms with E-state index in [1.54, 1.807) is 20.4 Å². The van der Waals surface area contributed by atoms with Crippen LogP contribution in [0.25, 0.3) is 12.2 Å². The van der Waals surface area contributed by atoms with Gasteiger partial charge in [0.05, 0.1) is 18.1 Å². The Bertz CT molecular complexity index is 637. The lowest BCUT2D eigenvalue weighted by Crippen LogP contribution is -2.42. The Morgan fingerprint density at radius 2 is 2.00 bits per heavy atom. The Hall–Kier alpha value is -1.29. The molecule has 1 aromatic rings. The summed E-state index contributed by atoms with van der Waals surface area (Å²) in [5, 5.41) is 2.14. The molecule has 1 aliphatic rings. The standard InChI is InChI=1S/C18H27BNO2/c1-17(2,18(3,4)22-6)12-19-13-7-8-15-14(11-13)16(21-5)9-10-20-15/h8-11,13H,7,12H2,1-6H3. The summed E-state index contributed by atoms with van der Waals surface area (Å²) in [6.45, 7) is 8.82. The lowest BCUT2D eigenvalue weighted by Gasteiger charge is -2.41. The number of hydrogen-bond acceptors (Lipinski definition) is 3. The highest BCUT2D eigenvalue weighted by Gasteiger charge is 2.37. The molecule has 1 aliphatic carbocycles. The summed E-state index contributed by atoms with van der Waals surface area (Å²) in [5.41, 5.74) is -0.0755.